The molecular weight excluding hydrogens is 454 g/mol. The summed E-state index contributed by atoms with van der Waals surface area (Å²) in [5.41, 5.74) is 2.17. The highest BCUT2D eigenvalue weighted by atomic mass is 32.2. The van der Waals surface area contributed by atoms with Crippen LogP contribution in [0, 0.1) is 11.6 Å². The van der Waals surface area contributed by atoms with Gasteiger partial charge in [-0.3, -0.25) is 9.59 Å². The van der Waals surface area contributed by atoms with Crippen LogP contribution in [0.5, 0.6) is 0 Å². The van der Waals surface area contributed by atoms with E-state index in [0.717, 1.165) is 11.1 Å². The Morgan fingerprint density at radius 3 is 2.26 bits per heavy atom. The zero-order valence-corrected chi connectivity index (χ0v) is 19.9. The standard InChI is InChI=1S/C27H28F2N2O2S/c1-2-30-27(33)25(16-20-8-4-3-5-9-20)31(17-21-12-14-23(28)15-13-21)26(32)19-34-18-22-10-6-7-11-24(22)29/h3-15,25H,2,16-19H2,1H3,(H,30,33)/t25-/m1/s1. The third kappa shape index (κ3) is 7.42. The van der Waals surface area contributed by atoms with Crippen molar-refractivity contribution in [1.82, 2.24) is 10.2 Å². The van der Waals surface area contributed by atoms with Gasteiger partial charge in [-0.1, -0.05) is 60.7 Å². The number of carbonyl (C=O) groups is 2. The molecule has 178 valence electrons. The van der Waals surface area contributed by atoms with Crippen LogP contribution in [-0.2, 0) is 28.3 Å². The maximum absolute atomic E-state index is 14.0. The van der Waals surface area contributed by atoms with Crippen molar-refractivity contribution in [3.8, 4) is 0 Å². The van der Waals surface area contributed by atoms with E-state index in [4.69, 9.17) is 0 Å². The first-order valence-corrected chi connectivity index (χ1v) is 12.3. The summed E-state index contributed by atoms with van der Waals surface area (Å²) in [4.78, 5) is 28.0. The smallest absolute Gasteiger partial charge is 0.243 e. The third-order valence-electron chi connectivity index (χ3n) is 5.33. The molecular formula is C27H28F2N2O2S. The Bertz CT molecular complexity index is 1080. The fourth-order valence-corrected chi connectivity index (χ4v) is 4.48. The first-order chi connectivity index (χ1) is 16.5. The molecule has 0 aliphatic heterocycles. The number of halogens is 2. The van der Waals surface area contributed by atoms with E-state index >= 15 is 0 Å². The molecule has 0 unspecified atom stereocenters. The molecule has 0 heterocycles. The maximum atomic E-state index is 14.0. The minimum Gasteiger partial charge on any atom is -0.355 e. The highest BCUT2D eigenvalue weighted by Crippen LogP contribution is 2.20. The SMILES string of the molecule is CCNC(=O)[C@@H](Cc1ccccc1)N(Cc1ccc(F)cc1)C(=O)CSCc1ccccc1F. The monoisotopic (exact) mass is 482 g/mol. The quantitative estimate of drug-likeness (QED) is 0.420. The van der Waals surface area contributed by atoms with Crippen molar-refractivity contribution in [3.05, 3.63) is 107 Å². The van der Waals surface area contributed by atoms with E-state index in [9.17, 15) is 18.4 Å². The zero-order chi connectivity index (χ0) is 24.3. The minimum atomic E-state index is -0.742. The Morgan fingerprint density at radius 1 is 0.912 bits per heavy atom. The normalized spacial score (nSPS) is 11.6. The molecule has 0 bridgehead atoms. The summed E-state index contributed by atoms with van der Waals surface area (Å²) in [6, 6.07) is 21.1. The summed E-state index contributed by atoms with van der Waals surface area (Å²) in [6.07, 6.45) is 0.345. The van der Waals surface area contributed by atoms with Crippen LogP contribution in [0.4, 0.5) is 8.78 Å². The van der Waals surface area contributed by atoms with E-state index in [1.165, 1.54) is 30.0 Å². The molecule has 0 fully saturated rings. The fraction of sp³-hybridized carbons (Fsp3) is 0.259. The largest absolute Gasteiger partial charge is 0.355 e. The average molecular weight is 483 g/mol. The van der Waals surface area contributed by atoms with Gasteiger partial charge in [-0.15, -0.1) is 11.8 Å². The number of hydrogen-bond acceptors (Lipinski definition) is 3. The Balaban J connectivity index is 1.82. The number of likely N-dealkylation sites (N-methyl/N-ethyl adjacent to an activating group) is 1. The van der Waals surface area contributed by atoms with Crippen LogP contribution in [0.3, 0.4) is 0 Å². The lowest BCUT2D eigenvalue weighted by Crippen LogP contribution is -2.51. The van der Waals surface area contributed by atoms with Crippen LogP contribution >= 0.6 is 11.8 Å². The first kappa shape index (κ1) is 25.4. The molecule has 0 radical (unpaired) electrons. The van der Waals surface area contributed by atoms with Crippen molar-refractivity contribution in [1.29, 1.82) is 0 Å². The maximum Gasteiger partial charge on any atom is 0.243 e. The molecule has 4 nitrogen and oxygen atoms in total. The van der Waals surface area contributed by atoms with E-state index in [1.807, 2.05) is 37.3 Å². The number of rotatable bonds is 11. The summed E-state index contributed by atoms with van der Waals surface area (Å²) in [5.74, 6) is -0.742. The van der Waals surface area contributed by atoms with Gasteiger partial charge in [0.15, 0.2) is 0 Å². The number of carbonyl (C=O) groups excluding carboxylic acids is 2. The molecule has 3 rings (SSSR count). The summed E-state index contributed by atoms with van der Waals surface area (Å²) < 4.78 is 27.4. The topological polar surface area (TPSA) is 49.4 Å². The van der Waals surface area contributed by atoms with Gasteiger partial charge in [0.1, 0.15) is 17.7 Å². The van der Waals surface area contributed by atoms with Crippen LogP contribution in [0.25, 0.3) is 0 Å². The van der Waals surface area contributed by atoms with E-state index in [1.54, 1.807) is 35.2 Å². The number of benzene rings is 3. The van der Waals surface area contributed by atoms with Gasteiger partial charge in [-0.25, -0.2) is 8.78 Å². The van der Waals surface area contributed by atoms with Crippen molar-refractivity contribution < 1.29 is 18.4 Å². The molecule has 1 atom stereocenters. The van der Waals surface area contributed by atoms with Gasteiger partial charge in [-0.05, 0) is 41.8 Å². The van der Waals surface area contributed by atoms with Crippen LogP contribution in [0.1, 0.15) is 23.6 Å². The van der Waals surface area contributed by atoms with Crippen molar-refractivity contribution in [2.75, 3.05) is 12.3 Å². The van der Waals surface area contributed by atoms with Gasteiger partial charge < -0.3 is 10.2 Å². The lowest BCUT2D eigenvalue weighted by molar-refractivity contribution is -0.139. The molecule has 0 aliphatic carbocycles. The summed E-state index contributed by atoms with van der Waals surface area (Å²) in [6.45, 7) is 2.42. The number of nitrogens with zero attached hydrogens (tertiary/aromatic N) is 1. The third-order valence-corrected chi connectivity index (χ3v) is 6.30. The predicted octanol–water partition coefficient (Wildman–Crippen LogP) is 4.97. The summed E-state index contributed by atoms with van der Waals surface area (Å²) in [5, 5.41) is 2.84. The van der Waals surface area contributed by atoms with Crippen molar-refractivity contribution in [2.45, 2.75) is 31.7 Å². The van der Waals surface area contributed by atoms with Crippen LogP contribution in [0.2, 0.25) is 0 Å². The average Bonchev–Trinajstić information content (AvgIpc) is 2.84. The van der Waals surface area contributed by atoms with Gasteiger partial charge >= 0.3 is 0 Å². The predicted molar refractivity (Wildman–Crippen MR) is 132 cm³/mol. The summed E-state index contributed by atoms with van der Waals surface area (Å²) in [7, 11) is 0. The fourth-order valence-electron chi connectivity index (χ4n) is 3.58. The van der Waals surface area contributed by atoms with Crippen molar-refractivity contribution in [3.63, 3.8) is 0 Å². The van der Waals surface area contributed by atoms with Gasteiger partial charge in [-0.2, -0.15) is 0 Å². The van der Waals surface area contributed by atoms with E-state index in [-0.39, 0.29) is 35.7 Å². The van der Waals surface area contributed by atoms with Gasteiger partial charge in [0.05, 0.1) is 5.75 Å². The second-order valence-electron chi connectivity index (χ2n) is 7.83. The van der Waals surface area contributed by atoms with Gasteiger partial charge in [0, 0.05) is 25.3 Å². The molecule has 0 saturated heterocycles. The number of nitrogens with one attached hydrogen (secondary N) is 1. The molecule has 3 aromatic carbocycles. The first-order valence-electron chi connectivity index (χ1n) is 11.1. The van der Waals surface area contributed by atoms with Crippen LogP contribution in [0.15, 0.2) is 78.9 Å². The van der Waals surface area contributed by atoms with E-state index in [2.05, 4.69) is 5.32 Å². The minimum absolute atomic E-state index is 0.0836. The molecule has 0 aliphatic rings. The molecule has 1 N–H and O–H groups in total. The van der Waals surface area contributed by atoms with Crippen molar-refractivity contribution in [2.24, 2.45) is 0 Å². The molecule has 0 spiro atoms. The van der Waals surface area contributed by atoms with Crippen LogP contribution in [-0.4, -0.2) is 35.1 Å². The second-order valence-corrected chi connectivity index (χ2v) is 8.82. The molecule has 0 saturated carbocycles. The highest BCUT2D eigenvalue weighted by molar-refractivity contribution is 7.99. The highest BCUT2D eigenvalue weighted by Gasteiger charge is 2.30. The van der Waals surface area contributed by atoms with Gasteiger partial charge in [0.2, 0.25) is 11.8 Å². The van der Waals surface area contributed by atoms with Gasteiger partial charge in [0.25, 0.3) is 0 Å². The molecule has 7 heteroatoms. The Hall–Kier alpha value is -3.19. The Labute approximate surface area is 203 Å². The molecule has 34 heavy (non-hydrogen) atoms. The molecule has 2 amide bonds. The van der Waals surface area contributed by atoms with E-state index in [0.29, 0.717) is 24.3 Å². The van der Waals surface area contributed by atoms with Crippen LogP contribution < -0.4 is 5.32 Å². The lowest BCUT2D eigenvalue weighted by atomic mass is 10.0. The lowest BCUT2D eigenvalue weighted by Gasteiger charge is -2.31. The Kier molecular flexibility index (Phi) is 9.64. The van der Waals surface area contributed by atoms with E-state index < -0.39 is 6.04 Å². The second kappa shape index (κ2) is 12.9. The Morgan fingerprint density at radius 2 is 1.59 bits per heavy atom. The number of amides is 2. The summed E-state index contributed by atoms with van der Waals surface area (Å²) >= 11 is 1.30. The number of hydrogen-bond donors (Lipinski definition) is 1. The molecule has 0 aromatic heterocycles. The van der Waals surface area contributed by atoms with Crippen molar-refractivity contribution >= 4 is 23.6 Å². The zero-order valence-electron chi connectivity index (χ0n) is 19.0. The molecule has 3 aromatic rings. The number of thioether (sulfide) groups is 1.